The van der Waals surface area contributed by atoms with Crippen LogP contribution in [0.25, 0.3) is 0 Å². The Morgan fingerprint density at radius 1 is 1.12 bits per heavy atom. The fraction of sp³-hybridized carbons (Fsp3) is 0.222. The van der Waals surface area contributed by atoms with Gasteiger partial charge in [0.1, 0.15) is 6.61 Å². The molecule has 0 fully saturated rings. The Labute approximate surface area is 144 Å². The molecular formula is C18H15ClO5. The molecule has 0 amide bonds. The number of hydrogen-bond donors (Lipinski definition) is 0. The molecular weight excluding hydrogens is 332 g/mol. The molecule has 0 aliphatic carbocycles. The quantitative estimate of drug-likeness (QED) is 0.628. The van der Waals surface area contributed by atoms with Gasteiger partial charge in [0.05, 0.1) is 0 Å². The summed E-state index contributed by atoms with van der Waals surface area (Å²) in [6.45, 7) is 1.56. The van der Waals surface area contributed by atoms with Crippen LogP contribution < -0.4 is 9.47 Å². The zero-order chi connectivity index (χ0) is 17.1. The molecule has 24 heavy (non-hydrogen) atoms. The fourth-order valence-corrected chi connectivity index (χ4v) is 2.41. The van der Waals surface area contributed by atoms with E-state index in [-0.39, 0.29) is 12.4 Å². The molecule has 0 bridgehead atoms. The van der Waals surface area contributed by atoms with Crippen LogP contribution in [0.4, 0.5) is 0 Å². The molecule has 0 saturated carbocycles. The molecule has 3 rings (SSSR count). The van der Waals surface area contributed by atoms with Crippen LogP contribution in [0, 0.1) is 0 Å². The van der Waals surface area contributed by atoms with Crippen molar-refractivity contribution < 1.29 is 23.8 Å². The molecule has 2 aromatic rings. The molecule has 1 heterocycles. The average molecular weight is 347 g/mol. The summed E-state index contributed by atoms with van der Waals surface area (Å²) in [4.78, 5) is 24.5. The van der Waals surface area contributed by atoms with Gasteiger partial charge < -0.3 is 14.2 Å². The van der Waals surface area contributed by atoms with Crippen molar-refractivity contribution in [2.24, 2.45) is 0 Å². The molecule has 0 unspecified atom stereocenters. The van der Waals surface area contributed by atoms with Gasteiger partial charge in [-0.25, -0.2) is 4.79 Å². The Balaban J connectivity index is 1.62. The maximum absolute atomic E-state index is 12.3. The fourth-order valence-electron chi connectivity index (χ4n) is 2.29. The predicted octanol–water partition coefficient (Wildman–Crippen LogP) is 3.29. The number of Topliss-reactive ketones (excluding diaryl/α,β-unsaturated/α-hetero) is 1. The standard InChI is InChI=1S/C18H15ClO5/c1-11(17(20)12-6-8-13(19)9-7-12)23-18(21)16-10-22-14-4-2-3-5-15(14)24-16/h2-9,11,16H,10H2,1H3/t11-,16+/m1/s1. The van der Waals surface area contributed by atoms with Crippen molar-refractivity contribution in [3.8, 4) is 11.5 Å². The monoisotopic (exact) mass is 346 g/mol. The molecule has 0 saturated heterocycles. The normalized spacial score (nSPS) is 17.0. The van der Waals surface area contributed by atoms with Gasteiger partial charge in [0, 0.05) is 10.6 Å². The summed E-state index contributed by atoms with van der Waals surface area (Å²) in [5.74, 6) is 0.102. The Morgan fingerprint density at radius 3 is 2.50 bits per heavy atom. The SMILES string of the molecule is C[C@@H](OC(=O)[C@@H]1COc2ccccc2O1)C(=O)c1ccc(Cl)cc1. The summed E-state index contributed by atoms with van der Waals surface area (Å²) in [5, 5.41) is 0.530. The van der Waals surface area contributed by atoms with Gasteiger partial charge >= 0.3 is 5.97 Å². The highest BCUT2D eigenvalue weighted by molar-refractivity contribution is 6.30. The van der Waals surface area contributed by atoms with Gasteiger partial charge in [-0.15, -0.1) is 0 Å². The van der Waals surface area contributed by atoms with Crippen LogP contribution in [-0.2, 0) is 9.53 Å². The number of carbonyl (C=O) groups excluding carboxylic acids is 2. The number of para-hydroxylation sites is 2. The minimum Gasteiger partial charge on any atom is -0.485 e. The molecule has 2 aromatic carbocycles. The van der Waals surface area contributed by atoms with Crippen molar-refractivity contribution in [1.29, 1.82) is 0 Å². The molecule has 124 valence electrons. The number of ketones is 1. The number of halogens is 1. The van der Waals surface area contributed by atoms with Gasteiger partial charge in [0.2, 0.25) is 11.9 Å². The minimum absolute atomic E-state index is 0.0394. The van der Waals surface area contributed by atoms with E-state index in [1.807, 2.05) is 6.07 Å². The highest BCUT2D eigenvalue weighted by atomic mass is 35.5. The number of hydrogen-bond acceptors (Lipinski definition) is 5. The minimum atomic E-state index is -0.931. The summed E-state index contributed by atoms with van der Waals surface area (Å²) >= 11 is 5.80. The number of esters is 1. The van der Waals surface area contributed by atoms with E-state index in [4.69, 9.17) is 25.8 Å². The van der Waals surface area contributed by atoms with Gasteiger partial charge in [-0.05, 0) is 43.3 Å². The highest BCUT2D eigenvalue weighted by Gasteiger charge is 2.31. The lowest BCUT2D eigenvalue weighted by molar-refractivity contribution is -0.157. The molecule has 0 aromatic heterocycles. The van der Waals surface area contributed by atoms with E-state index < -0.39 is 18.2 Å². The zero-order valence-corrected chi connectivity index (χ0v) is 13.7. The predicted molar refractivity (Wildman–Crippen MR) is 87.7 cm³/mol. The van der Waals surface area contributed by atoms with E-state index in [1.54, 1.807) is 42.5 Å². The summed E-state index contributed by atoms with van der Waals surface area (Å²) in [6, 6.07) is 13.4. The number of benzene rings is 2. The Morgan fingerprint density at radius 2 is 1.79 bits per heavy atom. The van der Waals surface area contributed by atoms with Crippen molar-refractivity contribution in [3.05, 3.63) is 59.1 Å². The van der Waals surface area contributed by atoms with Crippen molar-refractivity contribution in [3.63, 3.8) is 0 Å². The highest BCUT2D eigenvalue weighted by Crippen LogP contribution is 2.31. The number of ether oxygens (including phenoxy) is 3. The zero-order valence-electron chi connectivity index (χ0n) is 12.9. The lowest BCUT2D eigenvalue weighted by atomic mass is 10.1. The average Bonchev–Trinajstić information content (AvgIpc) is 2.61. The van der Waals surface area contributed by atoms with Gasteiger partial charge in [-0.2, -0.15) is 0 Å². The molecule has 0 radical (unpaired) electrons. The maximum Gasteiger partial charge on any atom is 0.351 e. The second-order valence-corrected chi connectivity index (χ2v) is 5.75. The molecule has 5 nitrogen and oxygen atoms in total. The Kier molecular flexibility index (Phi) is 4.71. The smallest absolute Gasteiger partial charge is 0.351 e. The molecule has 0 N–H and O–H groups in total. The van der Waals surface area contributed by atoms with Crippen LogP contribution in [0.15, 0.2) is 48.5 Å². The van der Waals surface area contributed by atoms with E-state index >= 15 is 0 Å². The summed E-state index contributed by atoms with van der Waals surface area (Å²) < 4.78 is 16.3. The van der Waals surface area contributed by atoms with Crippen LogP contribution >= 0.6 is 11.6 Å². The second-order valence-electron chi connectivity index (χ2n) is 5.31. The summed E-state index contributed by atoms with van der Waals surface area (Å²) in [6.07, 6.45) is -1.83. The van der Waals surface area contributed by atoms with Crippen molar-refractivity contribution in [2.45, 2.75) is 19.1 Å². The van der Waals surface area contributed by atoms with E-state index in [2.05, 4.69) is 0 Å². The first kappa shape index (κ1) is 16.3. The molecule has 1 aliphatic heterocycles. The summed E-state index contributed by atoms with van der Waals surface area (Å²) in [7, 11) is 0. The summed E-state index contributed by atoms with van der Waals surface area (Å²) in [5.41, 5.74) is 0.422. The van der Waals surface area contributed by atoms with Gasteiger partial charge in [0.25, 0.3) is 0 Å². The largest absolute Gasteiger partial charge is 0.485 e. The first-order chi connectivity index (χ1) is 11.5. The molecule has 1 aliphatic rings. The van der Waals surface area contributed by atoms with E-state index in [1.165, 1.54) is 6.92 Å². The van der Waals surface area contributed by atoms with Crippen molar-refractivity contribution in [1.82, 2.24) is 0 Å². The first-order valence-corrected chi connectivity index (χ1v) is 7.81. The second kappa shape index (κ2) is 6.93. The maximum atomic E-state index is 12.3. The number of rotatable bonds is 4. The van der Waals surface area contributed by atoms with Crippen LogP contribution in [-0.4, -0.2) is 30.6 Å². The van der Waals surface area contributed by atoms with E-state index in [0.29, 0.717) is 22.1 Å². The van der Waals surface area contributed by atoms with E-state index in [9.17, 15) is 9.59 Å². The molecule has 2 atom stereocenters. The van der Waals surface area contributed by atoms with Crippen LogP contribution in [0.1, 0.15) is 17.3 Å². The number of fused-ring (bicyclic) bond motifs is 1. The molecule has 0 spiro atoms. The molecule has 6 heteroatoms. The lowest BCUT2D eigenvalue weighted by Crippen LogP contribution is -2.40. The topological polar surface area (TPSA) is 61.8 Å². The van der Waals surface area contributed by atoms with Gasteiger partial charge in [0.15, 0.2) is 17.6 Å². The third kappa shape index (κ3) is 3.51. The van der Waals surface area contributed by atoms with Crippen molar-refractivity contribution >= 4 is 23.4 Å². The Hall–Kier alpha value is -2.53. The van der Waals surface area contributed by atoms with Gasteiger partial charge in [-0.1, -0.05) is 23.7 Å². The van der Waals surface area contributed by atoms with Crippen molar-refractivity contribution in [2.75, 3.05) is 6.61 Å². The van der Waals surface area contributed by atoms with Crippen LogP contribution in [0.3, 0.4) is 0 Å². The van der Waals surface area contributed by atoms with Crippen LogP contribution in [0.2, 0.25) is 5.02 Å². The Bertz CT molecular complexity index is 756. The van der Waals surface area contributed by atoms with Crippen LogP contribution in [0.5, 0.6) is 11.5 Å². The number of carbonyl (C=O) groups is 2. The third-order valence-corrected chi connectivity index (χ3v) is 3.81. The first-order valence-electron chi connectivity index (χ1n) is 7.43. The van der Waals surface area contributed by atoms with Gasteiger partial charge in [-0.3, -0.25) is 4.79 Å². The third-order valence-electron chi connectivity index (χ3n) is 3.56. The van der Waals surface area contributed by atoms with E-state index in [0.717, 1.165) is 0 Å². The lowest BCUT2D eigenvalue weighted by Gasteiger charge is -2.25.